The molecule has 1 aliphatic carbocycles. The van der Waals surface area contributed by atoms with Gasteiger partial charge in [0.15, 0.2) is 11.5 Å². The van der Waals surface area contributed by atoms with E-state index in [9.17, 15) is 5.11 Å². The molecule has 1 aliphatic rings. The van der Waals surface area contributed by atoms with E-state index in [1.807, 2.05) is 18.2 Å². The summed E-state index contributed by atoms with van der Waals surface area (Å²) in [5.41, 5.74) is 9.66. The molecule has 4 heteroatoms. The molecule has 122 valence electrons. The van der Waals surface area contributed by atoms with E-state index in [4.69, 9.17) is 10.5 Å². The van der Waals surface area contributed by atoms with Gasteiger partial charge in [0.05, 0.1) is 7.11 Å². The number of hydrogen-bond acceptors (Lipinski definition) is 4. The first kappa shape index (κ1) is 15.8. The summed E-state index contributed by atoms with van der Waals surface area (Å²) in [6.45, 7) is 1.39. The molecule has 4 nitrogen and oxygen atoms in total. The SMILES string of the molecule is COc1cc2c(cc1O)CCC(CN)(NCc1ccccc1)C2. The van der Waals surface area contributed by atoms with Gasteiger partial charge in [-0.1, -0.05) is 30.3 Å². The van der Waals surface area contributed by atoms with E-state index in [1.54, 1.807) is 7.11 Å². The lowest BCUT2D eigenvalue weighted by Crippen LogP contribution is -2.54. The Morgan fingerprint density at radius 3 is 2.70 bits per heavy atom. The normalized spacial score (nSPS) is 20.1. The van der Waals surface area contributed by atoms with Gasteiger partial charge in [0.2, 0.25) is 0 Å². The average Bonchev–Trinajstić information content (AvgIpc) is 2.60. The molecule has 0 saturated heterocycles. The Labute approximate surface area is 137 Å². The first-order valence-electron chi connectivity index (χ1n) is 8.03. The van der Waals surface area contributed by atoms with Crippen molar-refractivity contribution in [2.24, 2.45) is 5.73 Å². The van der Waals surface area contributed by atoms with Gasteiger partial charge >= 0.3 is 0 Å². The van der Waals surface area contributed by atoms with Crippen molar-refractivity contribution < 1.29 is 9.84 Å². The van der Waals surface area contributed by atoms with Crippen LogP contribution in [0.1, 0.15) is 23.1 Å². The molecular formula is C19H24N2O2. The number of ether oxygens (including phenoxy) is 1. The molecule has 1 unspecified atom stereocenters. The fraction of sp³-hybridized carbons (Fsp3) is 0.368. The second-order valence-electron chi connectivity index (χ2n) is 6.29. The Bertz CT molecular complexity index is 673. The van der Waals surface area contributed by atoms with Crippen LogP contribution < -0.4 is 15.8 Å². The fourth-order valence-electron chi connectivity index (χ4n) is 3.32. The van der Waals surface area contributed by atoms with E-state index in [-0.39, 0.29) is 11.3 Å². The molecule has 1 atom stereocenters. The van der Waals surface area contributed by atoms with Gasteiger partial charge in [-0.3, -0.25) is 0 Å². The number of phenolic OH excluding ortho intramolecular Hbond substituents is 1. The Kier molecular flexibility index (Phi) is 4.55. The summed E-state index contributed by atoms with van der Waals surface area (Å²) in [6.07, 6.45) is 2.73. The van der Waals surface area contributed by atoms with Crippen LogP contribution in [0.25, 0.3) is 0 Å². The predicted octanol–water partition coefficient (Wildman–Crippen LogP) is 2.38. The topological polar surface area (TPSA) is 67.5 Å². The van der Waals surface area contributed by atoms with Crippen LogP contribution in [0, 0.1) is 0 Å². The maximum atomic E-state index is 9.94. The molecule has 0 fully saturated rings. The van der Waals surface area contributed by atoms with E-state index < -0.39 is 0 Å². The van der Waals surface area contributed by atoms with Crippen LogP contribution in [-0.4, -0.2) is 24.3 Å². The van der Waals surface area contributed by atoms with Gasteiger partial charge in [-0.25, -0.2) is 0 Å². The molecule has 0 aliphatic heterocycles. The summed E-state index contributed by atoms with van der Waals surface area (Å²) in [5, 5.41) is 13.6. The molecule has 0 heterocycles. The highest BCUT2D eigenvalue weighted by atomic mass is 16.5. The quantitative estimate of drug-likeness (QED) is 0.793. The lowest BCUT2D eigenvalue weighted by atomic mass is 9.77. The van der Waals surface area contributed by atoms with E-state index in [1.165, 1.54) is 16.7 Å². The molecule has 4 N–H and O–H groups in total. The smallest absolute Gasteiger partial charge is 0.160 e. The van der Waals surface area contributed by atoms with Crippen LogP contribution in [0.3, 0.4) is 0 Å². The molecule has 0 radical (unpaired) electrons. The van der Waals surface area contributed by atoms with Crippen molar-refractivity contribution in [3.05, 3.63) is 59.2 Å². The molecule has 23 heavy (non-hydrogen) atoms. The van der Waals surface area contributed by atoms with Crippen LogP contribution in [0.5, 0.6) is 11.5 Å². The summed E-state index contributed by atoms with van der Waals surface area (Å²) in [6, 6.07) is 14.1. The highest BCUT2D eigenvalue weighted by Crippen LogP contribution is 2.36. The van der Waals surface area contributed by atoms with Gasteiger partial charge in [0.25, 0.3) is 0 Å². The summed E-state index contributed by atoms with van der Waals surface area (Å²) in [5.74, 6) is 0.739. The minimum Gasteiger partial charge on any atom is -0.504 e. The number of nitrogens with one attached hydrogen (secondary N) is 1. The Balaban J connectivity index is 1.79. The third-order valence-electron chi connectivity index (χ3n) is 4.80. The van der Waals surface area contributed by atoms with Gasteiger partial charge in [-0.15, -0.1) is 0 Å². The summed E-state index contributed by atoms with van der Waals surface area (Å²) in [4.78, 5) is 0. The zero-order valence-electron chi connectivity index (χ0n) is 13.5. The number of aromatic hydroxyl groups is 1. The first-order chi connectivity index (χ1) is 11.2. The zero-order chi connectivity index (χ0) is 16.3. The third-order valence-corrected chi connectivity index (χ3v) is 4.80. The highest BCUT2D eigenvalue weighted by molar-refractivity contribution is 5.48. The molecular weight excluding hydrogens is 288 g/mol. The lowest BCUT2D eigenvalue weighted by molar-refractivity contribution is 0.289. The Morgan fingerprint density at radius 1 is 1.22 bits per heavy atom. The van der Waals surface area contributed by atoms with Gasteiger partial charge in [-0.2, -0.15) is 0 Å². The lowest BCUT2D eigenvalue weighted by Gasteiger charge is -2.38. The molecule has 0 bridgehead atoms. The van der Waals surface area contributed by atoms with Crippen molar-refractivity contribution in [1.82, 2.24) is 5.32 Å². The zero-order valence-corrected chi connectivity index (χ0v) is 13.5. The number of benzene rings is 2. The molecule has 0 saturated carbocycles. The summed E-state index contributed by atoms with van der Waals surface area (Å²) in [7, 11) is 1.58. The minimum atomic E-state index is -0.106. The van der Waals surface area contributed by atoms with Gasteiger partial charge in [0, 0.05) is 18.6 Å². The fourth-order valence-corrected chi connectivity index (χ4v) is 3.32. The number of hydrogen-bond donors (Lipinski definition) is 3. The minimum absolute atomic E-state index is 0.106. The second kappa shape index (κ2) is 6.60. The van der Waals surface area contributed by atoms with E-state index in [2.05, 4.69) is 29.6 Å². The van der Waals surface area contributed by atoms with Crippen molar-refractivity contribution in [3.63, 3.8) is 0 Å². The monoisotopic (exact) mass is 312 g/mol. The Hall–Kier alpha value is -2.04. The molecule has 0 spiro atoms. The van der Waals surface area contributed by atoms with Crippen LogP contribution in [0.15, 0.2) is 42.5 Å². The molecule has 0 amide bonds. The second-order valence-corrected chi connectivity index (χ2v) is 6.29. The highest BCUT2D eigenvalue weighted by Gasteiger charge is 2.33. The van der Waals surface area contributed by atoms with Crippen LogP contribution in [0.2, 0.25) is 0 Å². The van der Waals surface area contributed by atoms with Crippen LogP contribution in [-0.2, 0) is 19.4 Å². The van der Waals surface area contributed by atoms with E-state index >= 15 is 0 Å². The van der Waals surface area contributed by atoms with Crippen LogP contribution >= 0.6 is 0 Å². The summed E-state index contributed by atoms with van der Waals surface area (Å²) < 4.78 is 5.24. The molecule has 2 aromatic carbocycles. The van der Waals surface area contributed by atoms with Crippen LogP contribution in [0.4, 0.5) is 0 Å². The van der Waals surface area contributed by atoms with Gasteiger partial charge in [0.1, 0.15) is 0 Å². The molecule has 2 aromatic rings. The Morgan fingerprint density at radius 2 is 2.00 bits per heavy atom. The molecule has 0 aromatic heterocycles. The van der Waals surface area contributed by atoms with E-state index in [0.29, 0.717) is 12.3 Å². The number of phenols is 1. The van der Waals surface area contributed by atoms with Crippen molar-refractivity contribution in [1.29, 1.82) is 0 Å². The van der Waals surface area contributed by atoms with Crippen molar-refractivity contribution in [2.75, 3.05) is 13.7 Å². The standard InChI is InChI=1S/C19H24N2O2/c1-23-18-10-16-11-19(13-20,8-7-15(16)9-17(18)22)21-12-14-5-3-2-4-6-14/h2-6,9-10,21-22H,7-8,11-13,20H2,1H3. The molecule has 3 rings (SSSR count). The van der Waals surface area contributed by atoms with Crippen molar-refractivity contribution in [3.8, 4) is 11.5 Å². The number of methoxy groups -OCH3 is 1. The maximum absolute atomic E-state index is 9.94. The van der Waals surface area contributed by atoms with Crippen molar-refractivity contribution in [2.45, 2.75) is 31.3 Å². The summed E-state index contributed by atoms with van der Waals surface area (Å²) >= 11 is 0. The van der Waals surface area contributed by atoms with Crippen molar-refractivity contribution >= 4 is 0 Å². The number of aryl methyl sites for hydroxylation is 1. The number of fused-ring (bicyclic) bond motifs is 1. The maximum Gasteiger partial charge on any atom is 0.160 e. The number of rotatable bonds is 5. The third kappa shape index (κ3) is 3.33. The largest absolute Gasteiger partial charge is 0.504 e. The van der Waals surface area contributed by atoms with Gasteiger partial charge < -0.3 is 20.9 Å². The van der Waals surface area contributed by atoms with Gasteiger partial charge in [-0.05, 0) is 48.1 Å². The average molecular weight is 312 g/mol. The number of nitrogens with two attached hydrogens (primary N) is 1. The predicted molar refractivity (Wildman–Crippen MR) is 91.8 cm³/mol. The van der Waals surface area contributed by atoms with E-state index in [0.717, 1.165) is 25.8 Å². The first-order valence-corrected chi connectivity index (χ1v) is 8.03.